The molecule has 0 aromatic heterocycles. The van der Waals surface area contributed by atoms with Gasteiger partial charge in [-0.1, -0.05) is 0 Å². The molecule has 8 unspecified atom stereocenters. The predicted molar refractivity (Wildman–Crippen MR) is 241 cm³/mol. The largest absolute Gasteiger partial charge is 0.756 e. The maximum absolute atomic E-state index is 12.7. The van der Waals surface area contributed by atoms with Crippen molar-refractivity contribution < 1.29 is 123 Å². The molecule has 34 heteroatoms. The molecule has 29 nitrogen and oxygen atoms in total. The van der Waals surface area contributed by atoms with Gasteiger partial charge in [-0.15, -0.1) is 52.6 Å². The summed E-state index contributed by atoms with van der Waals surface area (Å²) < 4.78 is 111. The highest BCUT2D eigenvalue weighted by Crippen LogP contribution is 2.49. The van der Waals surface area contributed by atoms with Crippen molar-refractivity contribution in [3.63, 3.8) is 0 Å². The Morgan fingerprint density at radius 1 is 0.514 bits per heavy atom. The Balaban J connectivity index is -0.00000532. The summed E-state index contributed by atoms with van der Waals surface area (Å²) in [6.07, 6.45) is -2.10. The lowest BCUT2D eigenvalue weighted by molar-refractivity contribution is -0.700. The van der Waals surface area contributed by atoms with Gasteiger partial charge in [0.05, 0.1) is 76.1 Å². The van der Waals surface area contributed by atoms with Crippen LogP contribution in [0.4, 0.5) is 0 Å². The molecule has 0 bridgehead atoms. The van der Waals surface area contributed by atoms with Crippen LogP contribution >= 0.6 is 39.1 Å². The number of hydrogen-bond acceptors (Lipinski definition) is 29. The van der Waals surface area contributed by atoms with Crippen LogP contribution in [0.3, 0.4) is 0 Å². The standard InChI is InChI=1S/C28H60N3O26P5.4C2H4/c1-5-14-43-55-57-56-44-15-16-45-58(33,34)46-19-23(30-3)20-48-60(37,38)51-25-10-12-27(13-11-25)53-62(41,42)54-28(31-4)21-49-61(39,40)52-26-8-6-24(7-9-26)50-59(35,36)47-18-22(17-32)29-2;4*1-2/h5,14,22-32H,6-13,15-21H2,1-4H3,(H,33,34)(H,35,36)(H,37,38)(H,39,40)(H,41,42);4*1-2H2/p-5/b14-5+;;;;. The van der Waals surface area contributed by atoms with E-state index in [9.17, 15) is 47.3 Å². The summed E-state index contributed by atoms with van der Waals surface area (Å²) in [5, 5.41) is 28.9. The van der Waals surface area contributed by atoms with Crippen LogP contribution in [0.25, 0.3) is 0 Å². The van der Waals surface area contributed by atoms with Crippen LogP contribution in [0.15, 0.2) is 65.0 Å². The lowest BCUT2D eigenvalue weighted by Crippen LogP contribution is -2.36. The third-order valence-corrected chi connectivity index (χ3v) is 13.5. The van der Waals surface area contributed by atoms with Gasteiger partial charge < -0.3 is 85.8 Å². The number of allylic oxidation sites excluding steroid dienone is 1. The smallest absolute Gasteiger partial charge is 0.269 e. The summed E-state index contributed by atoms with van der Waals surface area (Å²) in [7, 11) is -20.5. The number of phosphoric acid groups is 5. The third kappa shape index (κ3) is 37.5. The van der Waals surface area contributed by atoms with Crippen molar-refractivity contribution in [2.45, 2.75) is 101 Å². The maximum atomic E-state index is 12.7. The molecule has 0 aliphatic heterocycles. The van der Waals surface area contributed by atoms with Gasteiger partial charge in [-0.05, 0) is 90.5 Å². The highest BCUT2D eigenvalue weighted by Gasteiger charge is 2.32. The van der Waals surface area contributed by atoms with Crippen molar-refractivity contribution in [2.75, 3.05) is 67.4 Å². The van der Waals surface area contributed by atoms with Crippen LogP contribution in [-0.2, 0) is 93.0 Å². The van der Waals surface area contributed by atoms with Gasteiger partial charge in [0, 0.05) is 10.1 Å². The quantitative estimate of drug-likeness (QED) is 0.0134. The minimum absolute atomic E-state index is 0.00643. The predicted octanol–water partition coefficient (Wildman–Crippen LogP) is 2.32. The molecule has 2 fully saturated rings. The Hall–Kier alpha value is -1.27. The van der Waals surface area contributed by atoms with Gasteiger partial charge in [-0.2, -0.15) is 0 Å². The Labute approximate surface area is 410 Å². The van der Waals surface area contributed by atoms with Crippen LogP contribution in [-0.4, -0.2) is 115 Å². The Bertz CT molecular complexity index is 1580. The molecule has 8 atom stereocenters. The first-order valence-corrected chi connectivity index (χ1v) is 28.2. The zero-order valence-corrected chi connectivity index (χ0v) is 44.3. The molecule has 0 amide bonds. The lowest BCUT2D eigenvalue weighted by Gasteiger charge is -2.37. The number of nitrogens with one attached hydrogen (secondary N) is 3. The molecule has 0 aromatic rings. The van der Waals surface area contributed by atoms with Gasteiger partial charge in [-0.3, -0.25) is 32.7 Å². The average molecular weight is 1120 g/mol. The highest BCUT2D eigenvalue weighted by molar-refractivity contribution is 7.47. The Morgan fingerprint density at radius 3 is 1.26 bits per heavy atom. The Kier molecular flexibility index (Phi) is 43.8. The zero-order chi connectivity index (χ0) is 54.3. The second-order valence-corrected chi connectivity index (χ2v) is 19.9. The summed E-state index contributed by atoms with van der Waals surface area (Å²) in [6.45, 7) is 21.9. The van der Waals surface area contributed by atoms with Gasteiger partial charge in [0.2, 0.25) is 0 Å². The topological polar surface area (TPSA) is 395 Å². The molecule has 2 rings (SSSR count). The number of hydrogen-bond donors (Lipinski definition) is 4. The fraction of sp³-hybridized carbons (Fsp3) is 0.722. The summed E-state index contributed by atoms with van der Waals surface area (Å²) in [5.74, 6) is 0. The van der Waals surface area contributed by atoms with Crippen LogP contribution in [0.5, 0.6) is 0 Å². The first-order chi connectivity index (χ1) is 33.1. The fourth-order valence-electron chi connectivity index (χ4n) is 5.18. The summed E-state index contributed by atoms with van der Waals surface area (Å²) in [5.41, 5.74) is 0. The molecule has 2 aliphatic rings. The Morgan fingerprint density at radius 2 is 0.886 bits per heavy atom. The second kappa shape index (κ2) is 42.0. The number of aliphatic hydroxyl groups is 1. The molecule has 416 valence electrons. The molecule has 4 N–H and O–H groups in total. The first-order valence-electron chi connectivity index (χ1n) is 20.9. The number of rotatable bonds is 35. The van der Waals surface area contributed by atoms with E-state index in [2.05, 4.69) is 98.0 Å². The third-order valence-electron chi connectivity index (χ3n) is 8.41. The van der Waals surface area contributed by atoms with Crippen molar-refractivity contribution in [3.05, 3.63) is 65.0 Å². The van der Waals surface area contributed by atoms with E-state index in [4.69, 9.17) is 45.8 Å². The van der Waals surface area contributed by atoms with E-state index in [1.807, 2.05) is 0 Å². The van der Waals surface area contributed by atoms with Gasteiger partial charge in [0.1, 0.15) is 19.1 Å². The second-order valence-electron chi connectivity index (χ2n) is 13.1. The van der Waals surface area contributed by atoms with Gasteiger partial charge in [-0.25, -0.2) is 4.89 Å². The SMILES string of the molecule is C/C=C/OOOOOCCOP(=O)([O-])OCC(COP(=O)([O-])OC1CCC(OP(=O)([O-])OC(COP(=O)([O-])OC2CCC(OP(=O)([O-])OCC(CO)NC)CC2)NC)CC1)NC.C=C.C=C.C=C.C=C. The fourth-order valence-corrected chi connectivity index (χ4v) is 9.97. The van der Waals surface area contributed by atoms with Gasteiger partial charge in [0.15, 0.2) is 0 Å². The molecule has 2 aliphatic carbocycles. The molecular formula is C36H71N3O26P5-5. The molecule has 0 aromatic carbocycles. The van der Waals surface area contributed by atoms with Crippen molar-refractivity contribution in [2.24, 2.45) is 0 Å². The van der Waals surface area contributed by atoms with E-state index in [0.717, 1.165) is 6.26 Å². The van der Waals surface area contributed by atoms with Gasteiger partial charge in [0.25, 0.3) is 39.1 Å². The van der Waals surface area contributed by atoms with E-state index < -0.39 is 115 Å². The van der Waals surface area contributed by atoms with E-state index in [-0.39, 0.29) is 64.6 Å². The van der Waals surface area contributed by atoms with Crippen LogP contribution in [0.1, 0.15) is 58.3 Å². The van der Waals surface area contributed by atoms with Gasteiger partial charge >= 0.3 is 0 Å². The van der Waals surface area contributed by atoms with E-state index in [1.54, 1.807) is 6.92 Å². The molecule has 0 spiro atoms. The monoisotopic (exact) mass is 1120 g/mol. The molecule has 70 heavy (non-hydrogen) atoms. The van der Waals surface area contributed by atoms with Crippen molar-refractivity contribution in [1.82, 2.24) is 16.0 Å². The maximum Gasteiger partial charge on any atom is 0.269 e. The normalized spacial score (nSPS) is 23.6. The van der Waals surface area contributed by atoms with Crippen LogP contribution < -0.4 is 40.4 Å². The van der Waals surface area contributed by atoms with Crippen molar-refractivity contribution in [1.29, 1.82) is 0 Å². The number of likely N-dealkylation sites (N-methyl/N-ethyl adjacent to an activating group) is 3. The zero-order valence-electron chi connectivity index (χ0n) is 39.8. The molecule has 0 saturated heterocycles. The molecular weight excluding hydrogens is 1050 g/mol. The summed E-state index contributed by atoms with van der Waals surface area (Å²) in [4.78, 5) is 70.5. The lowest BCUT2D eigenvalue weighted by atomic mass is 9.95. The summed E-state index contributed by atoms with van der Waals surface area (Å²) >= 11 is 0. The van der Waals surface area contributed by atoms with Crippen molar-refractivity contribution >= 4 is 39.1 Å². The van der Waals surface area contributed by atoms with E-state index in [1.165, 1.54) is 27.2 Å². The van der Waals surface area contributed by atoms with E-state index in [0.29, 0.717) is 0 Å². The molecule has 0 radical (unpaired) electrons. The molecule has 2 saturated carbocycles. The first kappa shape index (κ1) is 73.0. The van der Waals surface area contributed by atoms with Crippen LogP contribution in [0, 0.1) is 0 Å². The summed E-state index contributed by atoms with van der Waals surface area (Å²) in [6, 6.07) is -1.60. The highest BCUT2D eigenvalue weighted by atomic mass is 31.2. The van der Waals surface area contributed by atoms with Crippen LogP contribution in [0.2, 0.25) is 0 Å². The van der Waals surface area contributed by atoms with E-state index >= 15 is 0 Å². The average Bonchev–Trinajstić information content (AvgIpc) is 3.33. The van der Waals surface area contributed by atoms with Crippen molar-refractivity contribution in [3.8, 4) is 0 Å². The number of aliphatic hydroxyl groups excluding tert-OH is 1. The number of phosphoric ester groups is 5. The minimum Gasteiger partial charge on any atom is -0.756 e. The molecule has 0 heterocycles. The minimum atomic E-state index is -5.10.